The van der Waals surface area contributed by atoms with Crippen LogP contribution in [0.2, 0.25) is 0 Å². The van der Waals surface area contributed by atoms with Crippen LogP contribution < -0.4 is 4.84 Å². The van der Waals surface area contributed by atoms with Gasteiger partial charge in [-0.15, -0.1) is 0 Å². The van der Waals surface area contributed by atoms with Gasteiger partial charge in [0.2, 0.25) is 6.10 Å². The Labute approximate surface area is 204 Å². The van der Waals surface area contributed by atoms with Crippen molar-refractivity contribution in [2.24, 2.45) is 0 Å². The van der Waals surface area contributed by atoms with Crippen molar-refractivity contribution in [2.75, 3.05) is 6.61 Å². The quantitative estimate of drug-likeness (QED) is 0.215. The molecule has 1 aliphatic rings. The van der Waals surface area contributed by atoms with Crippen molar-refractivity contribution in [1.29, 1.82) is 0 Å². The van der Waals surface area contributed by atoms with Crippen LogP contribution in [0.15, 0.2) is 30.5 Å². The zero-order valence-electron chi connectivity index (χ0n) is 19.8. The number of benzene rings is 1. The van der Waals surface area contributed by atoms with Gasteiger partial charge in [-0.1, -0.05) is 0 Å². The van der Waals surface area contributed by atoms with Crippen LogP contribution in [0, 0.1) is 10.1 Å². The number of aromatic nitrogens is 1. The maximum absolute atomic E-state index is 11.9. The summed E-state index contributed by atoms with van der Waals surface area (Å²) in [5.74, 6) is -2.96. The Bertz CT molecular complexity index is 1170. The zero-order valence-corrected chi connectivity index (χ0v) is 19.8. The fourth-order valence-electron chi connectivity index (χ4n) is 3.70. The van der Waals surface area contributed by atoms with Gasteiger partial charge in [-0.2, -0.15) is 4.73 Å². The Kier molecular flexibility index (Phi) is 8.09. The van der Waals surface area contributed by atoms with E-state index in [0.29, 0.717) is 10.9 Å². The lowest BCUT2D eigenvalue weighted by Gasteiger charge is -2.43. The van der Waals surface area contributed by atoms with E-state index in [9.17, 15) is 29.3 Å². The summed E-state index contributed by atoms with van der Waals surface area (Å²) in [5, 5.41) is 11.5. The van der Waals surface area contributed by atoms with Crippen LogP contribution >= 0.6 is 0 Å². The lowest BCUT2D eigenvalue weighted by molar-refractivity contribution is -0.384. The van der Waals surface area contributed by atoms with Crippen molar-refractivity contribution in [3.63, 3.8) is 0 Å². The van der Waals surface area contributed by atoms with Crippen molar-refractivity contribution in [2.45, 2.75) is 58.4 Å². The normalized spacial score (nSPS) is 23.4. The molecule has 14 heteroatoms. The summed E-state index contributed by atoms with van der Waals surface area (Å²) in [4.78, 5) is 63.5. The number of hydrogen-bond donors (Lipinski definition) is 0. The number of hydrogen-bond acceptors (Lipinski definition) is 12. The first-order valence-electron chi connectivity index (χ1n) is 10.7. The van der Waals surface area contributed by atoms with Gasteiger partial charge in [0.25, 0.3) is 12.0 Å². The van der Waals surface area contributed by atoms with Gasteiger partial charge >= 0.3 is 23.9 Å². The first-order valence-corrected chi connectivity index (χ1v) is 10.7. The molecule has 1 saturated heterocycles. The SMILES string of the molecule is CC(=O)OC[C@H]1O[C@@H](On2ccc3cc([N+](=O)[O-])ccc32)[C@H](OC(C)=O)[C@@H](OC(C)=O)[C@@H]1OC(C)=O. The van der Waals surface area contributed by atoms with E-state index < -0.39 is 66.1 Å². The number of carbonyl (C=O) groups excluding carboxylic acids is 4. The summed E-state index contributed by atoms with van der Waals surface area (Å²) in [6.07, 6.45) is -5.31. The molecule has 0 saturated carbocycles. The molecule has 0 spiro atoms. The summed E-state index contributed by atoms with van der Waals surface area (Å²) in [6.45, 7) is 4.08. The Balaban J connectivity index is 2.01. The lowest BCUT2D eigenvalue weighted by atomic mass is 9.98. The van der Waals surface area contributed by atoms with E-state index in [-0.39, 0.29) is 5.69 Å². The molecule has 0 N–H and O–H groups in total. The van der Waals surface area contributed by atoms with Gasteiger partial charge in [0.15, 0.2) is 12.2 Å². The highest BCUT2D eigenvalue weighted by molar-refractivity contribution is 5.82. The molecular formula is C22H24N2O12. The van der Waals surface area contributed by atoms with Gasteiger partial charge in [-0.3, -0.25) is 29.3 Å². The van der Waals surface area contributed by atoms with Gasteiger partial charge in [0.05, 0.1) is 10.4 Å². The van der Waals surface area contributed by atoms with Gasteiger partial charge < -0.3 is 28.5 Å². The first kappa shape index (κ1) is 26.4. The van der Waals surface area contributed by atoms with Crippen molar-refractivity contribution in [3.8, 4) is 0 Å². The van der Waals surface area contributed by atoms with Crippen molar-refractivity contribution >= 4 is 40.5 Å². The molecule has 1 aromatic carbocycles. The second-order valence-electron chi connectivity index (χ2n) is 7.81. The smallest absolute Gasteiger partial charge is 0.303 e. The number of non-ortho nitro benzene ring substituents is 1. The Hall–Kier alpha value is -4.20. The van der Waals surface area contributed by atoms with Crippen molar-refractivity contribution in [1.82, 2.24) is 4.73 Å². The highest BCUT2D eigenvalue weighted by atomic mass is 16.8. The van der Waals surface area contributed by atoms with Crippen molar-refractivity contribution in [3.05, 3.63) is 40.6 Å². The van der Waals surface area contributed by atoms with Crippen LogP contribution in [0.4, 0.5) is 5.69 Å². The molecule has 0 unspecified atom stereocenters. The second-order valence-corrected chi connectivity index (χ2v) is 7.81. The van der Waals surface area contributed by atoms with Gasteiger partial charge in [-0.05, 0) is 12.1 Å². The van der Waals surface area contributed by atoms with Crippen molar-refractivity contribution < 1.29 is 52.6 Å². The van der Waals surface area contributed by atoms with E-state index in [1.807, 2.05) is 0 Å². The molecule has 194 valence electrons. The molecule has 1 aromatic heterocycles. The minimum absolute atomic E-state index is 0.132. The van der Waals surface area contributed by atoms with Gasteiger partial charge in [0.1, 0.15) is 12.7 Å². The lowest BCUT2D eigenvalue weighted by Crippen LogP contribution is -2.64. The minimum Gasteiger partial charge on any atom is -0.463 e. The highest BCUT2D eigenvalue weighted by Crippen LogP contribution is 2.30. The Morgan fingerprint density at radius 1 is 0.917 bits per heavy atom. The third kappa shape index (κ3) is 6.27. The van der Waals surface area contributed by atoms with Gasteiger partial charge in [0, 0.05) is 51.4 Å². The number of nitro benzene ring substituents is 1. The Morgan fingerprint density at radius 2 is 1.53 bits per heavy atom. The average Bonchev–Trinajstić information content (AvgIpc) is 3.17. The number of carbonyl (C=O) groups is 4. The molecule has 14 nitrogen and oxygen atoms in total. The maximum atomic E-state index is 11.9. The van der Waals surface area contributed by atoms with Crippen LogP contribution in [0.25, 0.3) is 10.9 Å². The van der Waals surface area contributed by atoms with Crippen LogP contribution in [0.5, 0.6) is 0 Å². The zero-order chi connectivity index (χ0) is 26.6. The van der Waals surface area contributed by atoms with Gasteiger partial charge in [-0.25, -0.2) is 0 Å². The molecule has 0 aliphatic carbocycles. The second kappa shape index (κ2) is 11.0. The van der Waals surface area contributed by atoms with E-state index in [1.165, 1.54) is 29.1 Å². The van der Waals surface area contributed by atoms with E-state index >= 15 is 0 Å². The maximum Gasteiger partial charge on any atom is 0.303 e. The first-order chi connectivity index (χ1) is 17.0. The van der Waals surface area contributed by atoms with Crippen LogP contribution in [0.3, 0.4) is 0 Å². The number of rotatable bonds is 8. The molecule has 0 bridgehead atoms. The monoisotopic (exact) mass is 508 g/mol. The number of nitrogens with zero attached hydrogens (tertiary/aromatic N) is 2. The summed E-state index contributed by atoms with van der Waals surface area (Å²) in [5.41, 5.74) is 0.279. The summed E-state index contributed by atoms with van der Waals surface area (Å²) in [7, 11) is 0. The Morgan fingerprint density at radius 3 is 2.11 bits per heavy atom. The van der Waals surface area contributed by atoms with E-state index in [0.717, 1.165) is 27.7 Å². The number of ether oxygens (including phenoxy) is 5. The molecule has 0 amide bonds. The summed E-state index contributed by atoms with van der Waals surface area (Å²) in [6, 6.07) is 5.60. The number of nitro groups is 1. The minimum atomic E-state index is -1.45. The molecule has 5 atom stereocenters. The largest absolute Gasteiger partial charge is 0.463 e. The fourth-order valence-corrected chi connectivity index (χ4v) is 3.70. The molecule has 36 heavy (non-hydrogen) atoms. The molecule has 1 aliphatic heterocycles. The van der Waals surface area contributed by atoms with E-state index in [4.69, 9.17) is 28.5 Å². The summed E-state index contributed by atoms with van der Waals surface area (Å²) >= 11 is 0. The van der Waals surface area contributed by atoms with Crippen LogP contribution in [0.1, 0.15) is 27.7 Å². The number of esters is 4. The highest BCUT2D eigenvalue weighted by Gasteiger charge is 2.53. The molecule has 1 fully saturated rings. The standard InChI is InChI=1S/C22H24N2O12/c1-11(25)31-10-18-19(32-12(2)26)20(33-13(3)27)21(34-14(4)28)22(35-18)36-23-8-7-15-9-16(24(29)30)5-6-17(15)23/h5-9,18-22H,10H2,1-4H3/t18-,19-,20+,21-,22+/m1/s1. The summed E-state index contributed by atoms with van der Waals surface area (Å²) < 4.78 is 28.1. The third-order valence-corrected chi connectivity index (χ3v) is 5.01. The topological polar surface area (TPSA) is 172 Å². The number of fused-ring (bicyclic) bond motifs is 1. The van der Waals surface area contributed by atoms with E-state index in [2.05, 4.69) is 0 Å². The van der Waals surface area contributed by atoms with E-state index in [1.54, 1.807) is 6.07 Å². The molecule has 2 aromatic rings. The average molecular weight is 508 g/mol. The molecule has 3 rings (SSSR count). The molecule has 2 heterocycles. The third-order valence-electron chi connectivity index (χ3n) is 5.01. The van der Waals surface area contributed by atoms with Crippen LogP contribution in [-0.2, 0) is 42.9 Å². The van der Waals surface area contributed by atoms with Crippen LogP contribution in [-0.4, -0.2) is 70.8 Å². The predicted molar refractivity (Wildman–Crippen MR) is 117 cm³/mol. The fraction of sp³-hybridized carbons (Fsp3) is 0.455. The molecular weight excluding hydrogens is 484 g/mol. The predicted octanol–water partition coefficient (Wildman–Crippen LogP) is 1.06. The molecule has 0 radical (unpaired) electrons.